The second kappa shape index (κ2) is 6.18. The third kappa shape index (κ3) is 3.45. The van der Waals surface area contributed by atoms with E-state index < -0.39 is 5.97 Å². The van der Waals surface area contributed by atoms with Crippen molar-refractivity contribution in [2.75, 3.05) is 32.7 Å². The number of carbonyl (C=O) groups excluding carboxylic acids is 1. The standard InChI is InChI=1S/C13H22N2O3/c16-12(17)5-6-14-7-9-15(10-8-14)13(18)11-3-1-2-4-11/h11H,1-10H2,(H,16,17). The van der Waals surface area contributed by atoms with Crippen LogP contribution in [0.15, 0.2) is 0 Å². The van der Waals surface area contributed by atoms with Crippen molar-refractivity contribution in [3.8, 4) is 0 Å². The van der Waals surface area contributed by atoms with Crippen molar-refractivity contribution in [3.05, 3.63) is 0 Å². The van der Waals surface area contributed by atoms with Crippen molar-refractivity contribution >= 4 is 11.9 Å². The predicted molar refractivity (Wildman–Crippen MR) is 67.2 cm³/mol. The van der Waals surface area contributed by atoms with Crippen LogP contribution in [0.1, 0.15) is 32.1 Å². The van der Waals surface area contributed by atoms with Gasteiger partial charge in [0.15, 0.2) is 0 Å². The Hall–Kier alpha value is -1.10. The van der Waals surface area contributed by atoms with E-state index in [2.05, 4.69) is 4.90 Å². The lowest BCUT2D eigenvalue weighted by atomic mass is 10.1. The number of hydrogen-bond donors (Lipinski definition) is 1. The highest BCUT2D eigenvalue weighted by Crippen LogP contribution is 2.26. The highest BCUT2D eigenvalue weighted by atomic mass is 16.4. The van der Waals surface area contributed by atoms with Crippen LogP contribution in [0.25, 0.3) is 0 Å². The topological polar surface area (TPSA) is 60.9 Å². The third-order valence-corrected chi connectivity index (χ3v) is 4.03. The molecule has 1 aliphatic carbocycles. The molecule has 2 fully saturated rings. The zero-order valence-electron chi connectivity index (χ0n) is 10.8. The number of aliphatic carboxylic acids is 1. The van der Waals surface area contributed by atoms with Crippen molar-refractivity contribution in [2.45, 2.75) is 32.1 Å². The van der Waals surface area contributed by atoms with E-state index in [1.165, 1.54) is 12.8 Å². The molecular weight excluding hydrogens is 232 g/mol. The van der Waals surface area contributed by atoms with Crippen molar-refractivity contribution in [3.63, 3.8) is 0 Å². The van der Waals surface area contributed by atoms with E-state index in [4.69, 9.17) is 5.11 Å². The Morgan fingerprint density at radius 2 is 1.67 bits per heavy atom. The van der Waals surface area contributed by atoms with Crippen LogP contribution in [-0.2, 0) is 9.59 Å². The summed E-state index contributed by atoms with van der Waals surface area (Å²) in [5.41, 5.74) is 0. The molecule has 1 aliphatic heterocycles. The Balaban J connectivity index is 1.72. The second-order valence-corrected chi connectivity index (χ2v) is 5.29. The predicted octanol–water partition coefficient (Wildman–Crippen LogP) is 0.795. The van der Waals surface area contributed by atoms with Gasteiger partial charge in [-0.25, -0.2) is 0 Å². The molecular formula is C13H22N2O3. The zero-order chi connectivity index (χ0) is 13.0. The largest absolute Gasteiger partial charge is 0.481 e. The first kappa shape index (κ1) is 13.3. The van der Waals surface area contributed by atoms with Crippen molar-refractivity contribution in [2.24, 2.45) is 5.92 Å². The summed E-state index contributed by atoms with van der Waals surface area (Å²) in [5.74, 6) is -0.166. The number of rotatable bonds is 4. The number of carboxylic acids is 1. The Labute approximate surface area is 108 Å². The van der Waals surface area contributed by atoms with Gasteiger partial charge in [-0.2, -0.15) is 0 Å². The Morgan fingerprint density at radius 1 is 1.06 bits per heavy atom. The molecule has 0 atom stereocenters. The van der Waals surface area contributed by atoms with E-state index in [-0.39, 0.29) is 12.3 Å². The van der Waals surface area contributed by atoms with E-state index in [1.54, 1.807) is 0 Å². The molecule has 1 saturated carbocycles. The van der Waals surface area contributed by atoms with Crippen molar-refractivity contribution in [1.82, 2.24) is 9.80 Å². The highest BCUT2D eigenvalue weighted by Gasteiger charge is 2.29. The summed E-state index contributed by atoms with van der Waals surface area (Å²) >= 11 is 0. The molecule has 102 valence electrons. The van der Waals surface area contributed by atoms with E-state index in [0.717, 1.165) is 39.0 Å². The lowest BCUT2D eigenvalue weighted by molar-refractivity contribution is -0.139. The van der Waals surface area contributed by atoms with Crippen LogP contribution in [0.4, 0.5) is 0 Å². The number of amides is 1. The van der Waals surface area contributed by atoms with Crippen LogP contribution >= 0.6 is 0 Å². The van der Waals surface area contributed by atoms with Gasteiger partial charge in [0, 0.05) is 38.6 Å². The van der Waals surface area contributed by atoms with E-state index in [0.29, 0.717) is 12.5 Å². The fourth-order valence-corrected chi connectivity index (χ4v) is 2.88. The van der Waals surface area contributed by atoms with Gasteiger partial charge in [0.25, 0.3) is 0 Å². The second-order valence-electron chi connectivity index (χ2n) is 5.29. The fourth-order valence-electron chi connectivity index (χ4n) is 2.88. The smallest absolute Gasteiger partial charge is 0.304 e. The van der Waals surface area contributed by atoms with Crippen LogP contribution < -0.4 is 0 Å². The quantitative estimate of drug-likeness (QED) is 0.806. The third-order valence-electron chi connectivity index (χ3n) is 4.03. The number of nitrogens with zero attached hydrogens (tertiary/aromatic N) is 2. The molecule has 0 aromatic heterocycles. The van der Waals surface area contributed by atoms with Crippen LogP contribution in [0.3, 0.4) is 0 Å². The SMILES string of the molecule is O=C(O)CCN1CCN(C(=O)C2CCCC2)CC1. The van der Waals surface area contributed by atoms with Gasteiger partial charge in [0.1, 0.15) is 0 Å². The summed E-state index contributed by atoms with van der Waals surface area (Å²) in [6.45, 7) is 3.74. The van der Waals surface area contributed by atoms with E-state index in [1.807, 2.05) is 4.90 Å². The van der Waals surface area contributed by atoms with Gasteiger partial charge in [0.2, 0.25) is 5.91 Å². The molecule has 2 rings (SSSR count). The lowest BCUT2D eigenvalue weighted by Crippen LogP contribution is -2.50. The summed E-state index contributed by atoms with van der Waals surface area (Å²) in [6.07, 6.45) is 4.68. The van der Waals surface area contributed by atoms with Gasteiger partial charge < -0.3 is 10.0 Å². The Morgan fingerprint density at radius 3 is 2.22 bits per heavy atom. The van der Waals surface area contributed by atoms with E-state index in [9.17, 15) is 9.59 Å². The summed E-state index contributed by atoms with van der Waals surface area (Å²) < 4.78 is 0. The number of hydrogen-bond acceptors (Lipinski definition) is 3. The molecule has 0 radical (unpaired) electrons. The maximum Gasteiger partial charge on any atom is 0.304 e. The maximum absolute atomic E-state index is 12.2. The number of piperazine rings is 1. The summed E-state index contributed by atoms with van der Waals surface area (Å²) in [7, 11) is 0. The highest BCUT2D eigenvalue weighted by molar-refractivity contribution is 5.79. The van der Waals surface area contributed by atoms with Gasteiger partial charge in [-0.1, -0.05) is 12.8 Å². The summed E-state index contributed by atoms with van der Waals surface area (Å²) in [5, 5.41) is 8.64. The fraction of sp³-hybridized carbons (Fsp3) is 0.846. The van der Waals surface area contributed by atoms with Crippen LogP contribution in [0.2, 0.25) is 0 Å². The molecule has 0 spiro atoms. The minimum Gasteiger partial charge on any atom is -0.481 e. The first-order valence-corrected chi connectivity index (χ1v) is 6.90. The molecule has 5 heteroatoms. The van der Waals surface area contributed by atoms with Crippen molar-refractivity contribution < 1.29 is 14.7 Å². The zero-order valence-corrected chi connectivity index (χ0v) is 10.8. The average Bonchev–Trinajstić information content (AvgIpc) is 2.90. The maximum atomic E-state index is 12.2. The van der Waals surface area contributed by atoms with E-state index >= 15 is 0 Å². The van der Waals surface area contributed by atoms with Crippen LogP contribution in [0, 0.1) is 5.92 Å². The lowest BCUT2D eigenvalue weighted by Gasteiger charge is -2.35. The van der Waals surface area contributed by atoms with Gasteiger partial charge in [-0.3, -0.25) is 14.5 Å². The molecule has 1 N–H and O–H groups in total. The van der Waals surface area contributed by atoms with Crippen molar-refractivity contribution in [1.29, 1.82) is 0 Å². The van der Waals surface area contributed by atoms with Gasteiger partial charge in [0.05, 0.1) is 6.42 Å². The minimum atomic E-state index is -0.750. The Bertz CT molecular complexity index is 305. The minimum absolute atomic E-state index is 0.191. The molecule has 5 nitrogen and oxygen atoms in total. The molecule has 0 unspecified atom stereocenters. The number of carbonyl (C=O) groups is 2. The molecule has 18 heavy (non-hydrogen) atoms. The van der Waals surface area contributed by atoms with Crippen LogP contribution in [0.5, 0.6) is 0 Å². The first-order chi connectivity index (χ1) is 8.66. The van der Waals surface area contributed by atoms with Gasteiger partial charge in [-0.15, -0.1) is 0 Å². The monoisotopic (exact) mass is 254 g/mol. The Kier molecular flexibility index (Phi) is 4.58. The molecule has 0 aromatic carbocycles. The normalized spacial score (nSPS) is 22.3. The molecule has 1 amide bonds. The summed E-state index contributed by atoms with van der Waals surface area (Å²) in [4.78, 5) is 26.8. The molecule has 0 bridgehead atoms. The van der Waals surface area contributed by atoms with Gasteiger partial charge in [-0.05, 0) is 12.8 Å². The summed E-state index contributed by atoms with van der Waals surface area (Å²) in [6, 6.07) is 0. The molecule has 2 aliphatic rings. The van der Waals surface area contributed by atoms with Crippen LogP contribution in [-0.4, -0.2) is 59.5 Å². The molecule has 1 saturated heterocycles. The van der Waals surface area contributed by atoms with Gasteiger partial charge >= 0.3 is 5.97 Å². The average molecular weight is 254 g/mol. The molecule has 1 heterocycles. The number of carboxylic acid groups (broad SMARTS) is 1. The molecule has 0 aromatic rings. The first-order valence-electron chi connectivity index (χ1n) is 6.90.